The van der Waals surface area contributed by atoms with E-state index < -0.39 is 144 Å². The maximum absolute atomic E-state index is 15.4. The zero-order valence-corrected chi connectivity index (χ0v) is 28.5. The minimum Gasteiger partial charge on any atom is -0.207 e. The summed E-state index contributed by atoms with van der Waals surface area (Å²) in [7, 11) is 0. The highest BCUT2D eigenvalue weighted by atomic mass is 19.2. The third kappa shape index (κ3) is 6.90. The van der Waals surface area contributed by atoms with Gasteiger partial charge in [0.1, 0.15) is 52.7 Å². The summed E-state index contributed by atoms with van der Waals surface area (Å²) in [6, 6.07) is 16.8. The number of rotatable bonds is 6. The lowest BCUT2D eigenvalue weighted by atomic mass is 9.12. The molecule has 1 nitrogen and oxygen atoms in total. The van der Waals surface area contributed by atoms with Crippen LogP contribution < -0.4 is 26.4 Å². The van der Waals surface area contributed by atoms with E-state index in [-0.39, 0.29) is 0 Å². The Morgan fingerprint density at radius 3 is 0.814 bits per heavy atom. The van der Waals surface area contributed by atoms with Crippen LogP contribution in [-0.2, 0) is 6.54 Å². The number of nitrogens with zero attached hydrogens (tertiary/aromatic N) is 1. The topological polar surface area (TPSA) is 3.88 Å². The van der Waals surface area contributed by atoms with Crippen molar-refractivity contribution in [3.05, 3.63) is 182 Å². The van der Waals surface area contributed by atoms with Crippen LogP contribution in [-0.4, -0.2) is 6.15 Å². The molecule has 1 heterocycles. The zero-order chi connectivity index (χ0) is 44.2. The molecule has 0 amide bonds. The number of hydrogen-bond acceptors (Lipinski definition) is 0. The van der Waals surface area contributed by atoms with Crippen molar-refractivity contribution < 1.29 is 92.4 Å². The summed E-state index contributed by atoms with van der Waals surface area (Å²) in [6.45, 7) is 3.08. The molecule has 0 radical (unpaired) electrons. The summed E-state index contributed by atoms with van der Waals surface area (Å²) in [5, 5.41) is 0. The van der Waals surface area contributed by atoms with E-state index in [0.717, 1.165) is 6.54 Å². The SMILES string of the molecule is Cc1cccc[n+]1Cc1ccccc1.Fc1c(F)c(F)c([B-](c2c(F)c(F)c(F)c(F)c2F)(c2c(F)c(F)c(F)c(F)c2F)c2c(F)c(F)c(F)c(F)c2F)c(F)c1F. The minimum atomic E-state index is -7.22. The normalized spacial score (nSPS) is 11.5. The van der Waals surface area contributed by atoms with Gasteiger partial charge in [0, 0.05) is 24.6 Å². The lowest BCUT2D eigenvalue weighted by Crippen LogP contribution is -2.81. The van der Waals surface area contributed by atoms with Crippen LogP contribution in [0.5, 0.6) is 0 Å². The van der Waals surface area contributed by atoms with Gasteiger partial charge in [0.15, 0.2) is 88.2 Å². The zero-order valence-electron chi connectivity index (χ0n) is 28.5. The second-order valence-corrected chi connectivity index (χ2v) is 12.3. The van der Waals surface area contributed by atoms with Crippen molar-refractivity contribution in [2.75, 3.05) is 0 Å². The van der Waals surface area contributed by atoms with E-state index in [1.54, 1.807) is 0 Å². The summed E-state index contributed by atoms with van der Waals surface area (Å²) in [5.74, 6) is -71.4. The molecular formula is C37H14BF20N. The Hall–Kier alpha value is -6.09. The largest absolute Gasteiger partial charge is 0.207 e. The standard InChI is InChI=1S/C24BF20.C13H14N/c26-5-1(6(27)14(35)21(42)13(5)34)25(2-7(28)15(36)22(43)16(37)8(2)29,3-9(30)17(38)23(44)18(39)10(3)31)4-11(32)19(40)24(45)20(41)12(4)33;1-12-7-5-6-10-14(12)11-13-8-3-2-4-9-13/h;2-10H,11H2,1H3/q-1;+1. The Morgan fingerprint density at radius 2 is 0.559 bits per heavy atom. The van der Waals surface area contributed by atoms with Gasteiger partial charge in [-0.25, -0.2) is 87.8 Å². The van der Waals surface area contributed by atoms with Crippen LogP contribution in [0.25, 0.3) is 0 Å². The monoisotopic (exact) mass is 863 g/mol. The van der Waals surface area contributed by atoms with E-state index in [1.807, 2.05) is 6.07 Å². The summed E-state index contributed by atoms with van der Waals surface area (Å²) >= 11 is 0. The molecular weight excluding hydrogens is 849 g/mol. The fraction of sp³-hybridized carbons (Fsp3) is 0.0541. The molecule has 0 N–H and O–H groups in total. The highest BCUT2D eigenvalue weighted by Gasteiger charge is 2.52. The molecule has 0 saturated heterocycles. The Kier molecular flexibility index (Phi) is 12.1. The highest BCUT2D eigenvalue weighted by Crippen LogP contribution is 2.30. The predicted molar refractivity (Wildman–Crippen MR) is 166 cm³/mol. The Labute approximate surface area is 316 Å². The van der Waals surface area contributed by atoms with Crippen LogP contribution in [0.3, 0.4) is 0 Å². The molecule has 1 aromatic heterocycles. The number of hydrogen-bond donors (Lipinski definition) is 0. The van der Waals surface area contributed by atoms with Crippen molar-refractivity contribution in [2.24, 2.45) is 0 Å². The van der Waals surface area contributed by atoms with E-state index in [0.29, 0.717) is 0 Å². The van der Waals surface area contributed by atoms with Gasteiger partial charge >= 0.3 is 0 Å². The third-order valence-corrected chi connectivity index (χ3v) is 9.07. The maximum Gasteiger partial charge on any atom is 0.200 e. The van der Waals surface area contributed by atoms with Crippen LogP contribution in [0.2, 0.25) is 0 Å². The van der Waals surface area contributed by atoms with Crippen molar-refractivity contribution in [2.45, 2.75) is 13.5 Å². The first-order chi connectivity index (χ1) is 27.6. The van der Waals surface area contributed by atoms with Gasteiger partial charge in [0.05, 0.1) is 0 Å². The molecule has 0 spiro atoms. The van der Waals surface area contributed by atoms with Gasteiger partial charge in [-0.1, -0.05) is 36.4 Å². The minimum absolute atomic E-state index is 0.952. The molecule has 0 fully saturated rings. The first-order valence-corrected chi connectivity index (χ1v) is 15.8. The molecule has 5 aromatic carbocycles. The van der Waals surface area contributed by atoms with E-state index in [1.165, 1.54) is 11.3 Å². The molecule has 59 heavy (non-hydrogen) atoms. The first-order valence-electron chi connectivity index (χ1n) is 15.8. The molecule has 0 unspecified atom stereocenters. The summed E-state index contributed by atoms with van der Waals surface area (Å²) in [5.41, 5.74) is -11.7. The quantitative estimate of drug-likeness (QED) is 0.0524. The average molecular weight is 863 g/mol. The first kappa shape index (κ1) is 44.0. The highest BCUT2D eigenvalue weighted by molar-refractivity contribution is 7.20. The fourth-order valence-corrected chi connectivity index (χ4v) is 6.39. The lowest BCUT2D eigenvalue weighted by molar-refractivity contribution is -0.694. The maximum atomic E-state index is 15.4. The molecule has 0 atom stereocenters. The van der Waals surface area contributed by atoms with Gasteiger partial charge < -0.3 is 0 Å². The summed E-state index contributed by atoms with van der Waals surface area (Å²) < 4.78 is 296. The lowest BCUT2D eigenvalue weighted by Gasteiger charge is -2.44. The third-order valence-electron chi connectivity index (χ3n) is 9.07. The van der Waals surface area contributed by atoms with Crippen LogP contribution in [0.4, 0.5) is 87.8 Å². The second kappa shape index (κ2) is 16.3. The van der Waals surface area contributed by atoms with Gasteiger partial charge in [-0.3, -0.25) is 0 Å². The Morgan fingerprint density at radius 1 is 0.322 bits per heavy atom. The molecule has 6 rings (SSSR count). The fourth-order valence-electron chi connectivity index (χ4n) is 6.39. The van der Waals surface area contributed by atoms with Gasteiger partial charge in [-0.05, 0) is 0 Å². The van der Waals surface area contributed by atoms with E-state index in [2.05, 4.69) is 60.2 Å². The number of benzene rings is 5. The van der Waals surface area contributed by atoms with Crippen LogP contribution in [0.1, 0.15) is 11.3 Å². The van der Waals surface area contributed by atoms with E-state index in [4.69, 9.17) is 0 Å². The number of aryl methyl sites for hydroxylation is 1. The second-order valence-electron chi connectivity index (χ2n) is 12.3. The summed E-state index contributed by atoms with van der Waals surface area (Å²) in [6.07, 6.45) is -5.10. The molecule has 22 heteroatoms. The van der Waals surface area contributed by atoms with Gasteiger partial charge in [-0.15, -0.1) is 21.9 Å². The average Bonchev–Trinajstić information content (AvgIpc) is 3.22. The molecule has 0 aliphatic carbocycles. The number of aromatic nitrogens is 1. The van der Waals surface area contributed by atoms with E-state index >= 15 is 35.1 Å². The Bertz CT molecular complexity index is 2270. The van der Waals surface area contributed by atoms with Gasteiger partial charge in [0.25, 0.3) is 0 Å². The molecule has 0 saturated carbocycles. The summed E-state index contributed by atoms with van der Waals surface area (Å²) in [4.78, 5) is 0. The Balaban J connectivity index is 0.000000395. The molecule has 6 aromatic rings. The van der Waals surface area contributed by atoms with Gasteiger partial charge in [0.2, 0.25) is 0 Å². The van der Waals surface area contributed by atoms with Crippen molar-refractivity contribution in [1.82, 2.24) is 0 Å². The van der Waals surface area contributed by atoms with Crippen LogP contribution in [0.15, 0.2) is 54.7 Å². The number of pyridine rings is 1. The predicted octanol–water partition coefficient (Wildman–Crippen LogP) is 8.18. The van der Waals surface area contributed by atoms with Crippen molar-refractivity contribution in [3.63, 3.8) is 0 Å². The van der Waals surface area contributed by atoms with Crippen LogP contribution in [0, 0.1) is 123 Å². The van der Waals surface area contributed by atoms with Crippen molar-refractivity contribution in [1.29, 1.82) is 0 Å². The smallest absolute Gasteiger partial charge is 0.200 e. The van der Waals surface area contributed by atoms with E-state index in [9.17, 15) is 52.7 Å². The number of halogens is 20. The van der Waals surface area contributed by atoms with Crippen molar-refractivity contribution in [3.8, 4) is 0 Å². The van der Waals surface area contributed by atoms with Crippen molar-refractivity contribution >= 4 is 28.0 Å². The molecule has 0 aliphatic rings. The van der Waals surface area contributed by atoms with Gasteiger partial charge in [-0.2, -0.15) is 4.57 Å². The molecule has 310 valence electrons. The van der Waals surface area contributed by atoms with Crippen LogP contribution >= 0.6 is 0 Å². The molecule has 0 aliphatic heterocycles. The molecule has 0 bridgehead atoms.